The summed E-state index contributed by atoms with van der Waals surface area (Å²) in [5.74, 6) is -0.129. The van der Waals surface area contributed by atoms with Crippen LogP contribution in [0.2, 0.25) is 0 Å². The molecule has 1 rings (SSSR count). The fourth-order valence-corrected chi connectivity index (χ4v) is 1.62. The summed E-state index contributed by atoms with van der Waals surface area (Å²) in [5.41, 5.74) is 0.520. The Labute approximate surface area is 85.7 Å². The molecule has 0 saturated carbocycles. The molecule has 72 valence electrons. The van der Waals surface area contributed by atoms with Crippen LogP contribution < -0.4 is 0 Å². The van der Waals surface area contributed by atoms with E-state index >= 15 is 0 Å². The molecule has 0 spiro atoms. The number of rotatable bonds is 3. The van der Waals surface area contributed by atoms with Crippen molar-refractivity contribution in [3.63, 3.8) is 0 Å². The van der Waals surface area contributed by atoms with Gasteiger partial charge in [0.15, 0.2) is 5.82 Å². The first kappa shape index (κ1) is 10.6. The van der Waals surface area contributed by atoms with Crippen LogP contribution in [0, 0.1) is 5.82 Å². The van der Waals surface area contributed by atoms with Gasteiger partial charge in [0.05, 0.1) is 5.69 Å². The van der Waals surface area contributed by atoms with Crippen molar-refractivity contribution in [1.29, 1.82) is 0 Å². The SMILES string of the molecule is CCC(CC)c1ncnc(Br)c1F. The summed E-state index contributed by atoms with van der Waals surface area (Å²) in [6.07, 6.45) is 3.19. The molecule has 0 atom stereocenters. The van der Waals surface area contributed by atoms with Crippen LogP contribution in [0.3, 0.4) is 0 Å². The Morgan fingerprint density at radius 1 is 1.38 bits per heavy atom. The molecular formula is C9H12BrFN2. The van der Waals surface area contributed by atoms with Crippen LogP contribution in [-0.4, -0.2) is 9.97 Å². The van der Waals surface area contributed by atoms with Crippen molar-refractivity contribution in [2.24, 2.45) is 0 Å². The number of hydrogen-bond acceptors (Lipinski definition) is 2. The van der Waals surface area contributed by atoms with Crippen LogP contribution in [0.5, 0.6) is 0 Å². The topological polar surface area (TPSA) is 25.8 Å². The zero-order chi connectivity index (χ0) is 9.84. The van der Waals surface area contributed by atoms with Crippen molar-refractivity contribution in [2.45, 2.75) is 32.6 Å². The first-order valence-corrected chi connectivity index (χ1v) is 5.15. The summed E-state index contributed by atoms with van der Waals surface area (Å²) >= 11 is 3.05. The second kappa shape index (κ2) is 4.65. The van der Waals surface area contributed by atoms with Crippen molar-refractivity contribution < 1.29 is 4.39 Å². The van der Waals surface area contributed by atoms with Gasteiger partial charge in [-0.1, -0.05) is 13.8 Å². The fourth-order valence-electron chi connectivity index (χ4n) is 1.32. The average Bonchev–Trinajstić information content (AvgIpc) is 2.14. The highest BCUT2D eigenvalue weighted by Crippen LogP contribution is 2.25. The predicted octanol–water partition coefficient (Wildman–Crippen LogP) is 3.28. The standard InChI is InChI=1S/C9H12BrFN2/c1-3-6(4-2)8-7(11)9(10)13-5-12-8/h5-6H,3-4H2,1-2H3. The molecule has 1 aromatic rings. The van der Waals surface area contributed by atoms with E-state index in [1.54, 1.807) is 0 Å². The van der Waals surface area contributed by atoms with Gasteiger partial charge in [0.25, 0.3) is 0 Å². The largest absolute Gasteiger partial charge is 0.238 e. The Morgan fingerprint density at radius 2 is 2.00 bits per heavy atom. The molecule has 1 heterocycles. The van der Waals surface area contributed by atoms with Gasteiger partial charge in [0.1, 0.15) is 10.9 Å². The van der Waals surface area contributed by atoms with Gasteiger partial charge in [-0.2, -0.15) is 0 Å². The second-order valence-corrected chi connectivity index (χ2v) is 3.63. The smallest absolute Gasteiger partial charge is 0.177 e. The molecule has 0 aliphatic carbocycles. The molecule has 0 aliphatic heterocycles. The minimum atomic E-state index is -0.323. The molecule has 0 fully saturated rings. The van der Waals surface area contributed by atoms with Crippen LogP contribution in [0.4, 0.5) is 4.39 Å². The third-order valence-electron chi connectivity index (χ3n) is 2.15. The van der Waals surface area contributed by atoms with Gasteiger partial charge >= 0.3 is 0 Å². The van der Waals surface area contributed by atoms with Gasteiger partial charge in [0, 0.05) is 5.92 Å². The summed E-state index contributed by atoms with van der Waals surface area (Å²) in [7, 11) is 0. The summed E-state index contributed by atoms with van der Waals surface area (Å²) in [6, 6.07) is 0. The summed E-state index contributed by atoms with van der Waals surface area (Å²) in [6.45, 7) is 4.06. The third kappa shape index (κ3) is 2.24. The Kier molecular flexibility index (Phi) is 3.78. The maximum Gasteiger partial charge on any atom is 0.177 e. The van der Waals surface area contributed by atoms with E-state index in [1.807, 2.05) is 13.8 Å². The highest BCUT2D eigenvalue weighted by molar-refractivity contribution is 9.10. The van der Waals surface area contributed by atoms with E-state index in [2.05, 4.69) is 25.9 Å². The minimum absolute atomic E-state index is 0.194. The fraction of sp³-hybridized carbons (Fsp3) is 0.556. The summed E-state index contributed by atoms with van der Waals surface area (Å²) in [5, 5.41) is 0. The van der Waals surface area contributed by atoms with E-state index in [0.29, 0.717) is 5.69 Å². The van der Waals surface area contributed by atoms with Crippen molar-refractivity contribution in [2.75, 3.05) is 0 Å². The maximum atomic E-state index is 13.5. The highest BCUT2D eigenvalue weighted by atomic mass is 79.9. The molecule has 0 aromatic carbocycles. The zero-order valence-corrected chi connectivity index (χ0v) is 9.31. The second-order valence-electron chi connectivity index (χ2n) is 2.88. The van der Waals surface area contributed by atoms with E-state index in [4.69, 9.17) is 0 Å². The van der Waals surface area contributed by atoms with Crippen LogP contribution in [-0.2, 0) is 0 Å². The lowest BCUT2D eigenvalue weighted by molar-refractivity contribution is 0.529. The molecule has 0 saturated heterocycles. The van der Waals surface area contributed by atoms with Gasteiger partial charge < -0.3 is 0 Å². The van der Waals surface area contributed by atoms with E-state index in [-0.39, 0.29) is 16.3 Å². The number of nitrogens with zero attached hydrogens (tertiary/aromatic N) is 2. The molecule has 13 heavy (non-hydrogen) atoms. The van der Waals surface area contributed by atoms with E-state index in [9.17, 15) is 4.39 Å². The van der Waals surface area contributed by atoms with E-state index in [1.165, 1.54) is 6.33 Å². The normalized spacial score (nSPS) is 10.8. The molecular weight excluding hydrogens is 235 g/mol. The summed E-state index contributed by atoms with van der Waals surface area (Å²) in [4.78, 5) is 7.69. The molecule has 1 aromatic heterocycles. The Morgan fingerprint density at radius 3 is 2.54 bits per heavy atom. The molecule has 0 N–H and O–H groups in total. The number of hydrogen-bond donors (Lipinski definition) is 0. The first-order valence-electron chi connectivity index (χ1n) is 4.36. The van der Waals surface area contributed by atoms with Gasteiger partial charge in [0.2, 0.25) is 0 Å². The number of halogens is 2. The van der Waals surface area contributed by atoms with Gasteiger partial charge in [-0.25, -0.2) is 14.4 Å². The van der Waals surface area contributed by atoms with Crippen LogP contribution in [0.1, 0.15) is 38.3 Å². The monoisotopic (exact) mass is 246 g/mol. The van der Waals surface area contributed by atoms with Crippen molar-refractivity contribution in [3.05, 3.63) is 22.4 Å². The summed E-state index contributed by atoms with van der Waals surface area (Å²) < 4.78 is 13.7. The highest BCUT2D eigenvalue weighted by Gasteiger charge is 2.16. The van der Waals surface area contributed by atoms with Crippen molar-refractivity contribution in [3.8, 4) is 0 Å². The molecule has 0 amide bonds. The van der Waals surface area contributed by atoms with Crippen LogP contribution >= 0.6 is 15.9 Å². The molecule has 0 aliphatic rings. The van der Waals surface area contributed by atoms with Crippen LogP contribution in [0.15, 0.2) is 10.9 Å². The maximum absolute atomic E-state index is 13.5. The minimum Gasteiger partial charge on any atom is -0.238 e. The lowest BCUT2D eigenvalue weighted by Crippen LogP contribution is -2.04. The van der Waals surface area contributed by atoms with E-state index < -0.39 is 0 Å². The quantitative estimate of drug-likeness (QED) is 0.766. The zero-order valence-electron chi connectivity index (χ0n) is 7.72. The third-order valence-corrected chi connectivity index (χ3v) is 2.70. The number of aromatic nitrogens is 2. The van der Waals surface area contributed by atoms with Gasteiger partial charge in [-0.15, -0.1) is 0 Å². The predicted molar refractivity (Wildman–Crippen MR) is 53.0 cm³/mol. The van der Waals surface area contributed by atoms with E-state index in [0.717, 1.165) is 12.8 Å². The van der Waals surface area contributed by atoms with Gasteiger partial charge in [-0.05, 0) is 28.8 Å². The lowest BCUT2D eigenvalue weighted by Gasteiger charge is -2.11. The average molecular weight is 247 g/mol. The van der Waals surface area contributed by atoms with Crippen molar-refractivity contribution in [1.82, 2.24) is 9.97 Å². The molecule has 4 heteroatoms. The molecule has 0 radical (unpaired) electrons. The van der Waals surface area contributed by atoms with Gasteiger partial charge in [-0.3, -0.25) is 0 Å². The van der Waals surface area contributed by atoms with Crippen LogP contribution in [0.25, 0.3) is 0 Å². The first-order chi connectivity index (χ1) is 6.20. The Hall–Kier alpha value is -0.510. The molecule has 0 bridgehead atoms. The molecule has 0 unspecified atom stereocenters. The Bertz CT molecular complexity index is 287. The van der Waals surface area contributed by atoms with Crippen molar-refractivity contribution >= 4 is 15.9 Å². The molecule has 2 nitrogen and oxygen atoms in total. The lowest BCUT2D eigenvalue weighted by atomic mass is 9.99. The Balaban J connectivity index is 3.05.